The third-order valence-corrected chi connectivity index (χ3v) is 1.69. The van der Waals surface area contributed by atoms with Crippen molar-refractivity contribution in [3.05, 3.63) is 0 Å². The van der Waals surface area contributed by atoms with Gasteiger partial charge in [0.2, 0.25) is 0 Å². The van der Waals surface area contributed by atoms with Gasteiger partial charge in [-0.1, -0.05) is 0 Å². The summed E-state index contributed by atoms with van der Waals surface area (Å²) in [7, 11) is 0. The molecule has 6 nitrogen and oxygen atoms in total. The van der Waals surface area contributed by atoms with Crippen molar-refractivity contribution in [1.82, 2.24) is 0 Å². The van der Waals surface area contributed by atoms with Crippen LogP contribution >= 0.6 is 0 Å². The van der Waals surface area contributed by atoms with Gasteiger partial charge in [-0.05, 0) is 0 Å². The fourth-order valence-electron chi connectivity index (χ4n) is 0.0671. The summed E-state index contributed by atoms with van der Waals surface area (Å²) >= 11 is -1.74. The Hall–Kier alpha value is 0.332. The van der Waals surface area contributed by atoms with Crippen LogP contribution in [0.1, 0.15) is 0 Å². The molecule has 0 aliphatic carbocycles. The fraction of sp³-hybridized carbons (Fsp3) is 0. The topological polar surface area (TPSA) is 92.7 Å². The second-order valence-electron chi connectivity index (χ2n) is 0.608. The first kappa shape index (κ1) is 17.4. The van der Waals surface area contributed by atoms with Gasteiger partial charge in [-0.3, -0.25) is 0 Å². The van der Waals surface area contributed by atoms with Gasteiger partial charge in [-0.15, -0.1) is 0 Å². The Balaban J connectivity index is -0.000000140. The van der Waals surface area contributed by atoms with Crippen LogP contribution in [0, 0.1) is 0 Å². The van der Waals surface area contributed by atoms with E-state index in [1.54, 1.807) is 0 Å². The first-order chi connectivity index (χ1) is 4.83. The Morgan fingerprint density at radius 2 is 1.36 bits per heavy atom. The first-order valence-electron chi connectivity index (χ1n) is 1.82. The van der Waals surface area contributed by atoms with Crippen LogP contribution in [0.2, 0.25) is 0 Å². The summed E-state index contributed by atoms with van der Waals surface area (Å²) in [5, 5.41) is 8.25. The normalized spacial score (nSPS) is 5.45. The van der Waals surface area contributed by atoms with Gasteiger partial charge < -0.3 is 9.90 Å². The minimum atomic E-state index is -1.74. The Bertz CT molecular complexity index is 89.8. The molecule has 0 saturated carbocycles. The predicted octanol–water partition coefficient (Wildman–Crippen LogP) is -5.76. The van der Waals surface area contributed by atoms with Crippen LogP contribution in [0.3, 0.4) is 0 Å². The minimum Gasteiger partial charge on any atom is 1.00 e. The van der Waals surface area contributed by atoms with E-state index in [0.29, 0.717) is 0 Å². The fourth-order valence-corrected chi connectivity index (χ4v) is 0.588. The number of hydrogen-bond donors (Lipinski definition) is 0. The molecule has 0 rings (SSSR count). The van der Waals surface area contributed by atoms with E-state index >= 15 is 0 Å². The smallest absolute Gasteiger partial charge is 1.00 e. The van der Waals surface area contributed by atoms with E-state index in [4.69, 9.17) is 9.90 Å². The maximum absolute atomic E-state index is 9.31. The number of hydrogen-bond acceptors (Lipinski definition) is 6. The van der Waals surface area contributed by atoms with Gasteiger partial charge in [0.25, 0.3) is 0 Å². The van der Waals surface area contributed by atoms with Gasteiger partial charge >= 0.3 is 82.6 Å². The molecule has 2 radical (unpaired) electrons. The summed E-state index contributed by atoms with van der Waals surface area (Å²) in [6, 6.07) is 0. The Morgan fingerprint density at radius 3 is 1.55 bits per heavy atom. The quantitative estimate of drug-likeness (QED) is 0.280. The minimum absolute atomic E-state index is 0. The van der Waals surface area contributed by atoms with Crippen LogP contribution in [-0.4, -0.2) is 44.6 Å². The van der Waals surface area contributed by atoms with Gasteiger partial charge in [-0.2, -0.15) is 0 Å². The van der Waals surface area contributed by atoms with Crippen molar-refractivity contribution in [2.45, 2.75) is 0 Å². The molecule has 0 aromatic rings. The number of carbonyl (C=O) groups excluding carboxylic acids is 3. The van der Waals surface area contributed by atoms with Gasteiger partial charge in [0.05, 0.1) is 0 Å². The van der Waals surface area contributed by atoms with Gasteiger partial charge in [0.1, 0.15) is 0 Å². The van der Waals surface area contributed by atoms with Crippen molar-refractivity contribution in [2.75, 3.05) is 0 Å². The van der Waals surface area contributed by atoms with Crippen molar-refractivity contribution in [3.8, 4) is 0 Å². The molecule has 0 spiro atoms. The van der Waals surface area contributed by atoms with Gasteiger partial charge in [0.15, 0.2) is 0 Å². The molecule has 0 aliphatic heterocycles. The number of carbonyl (C=O) groups is 3. The van der Waals surface area contributed by atoms with Crippen molar-refractivity contribution in [1.29, 1.82) is 0 Å². The second kappa shape index (κ2) is 22.4. The molecule has 0 aromatic carbocycles. The molecule has 0 bridgehead atoms. The van der Waals surface area contributed by atoms with Crippen LogP contribution < -0.4 is 34.7 Å². The Morgan fingerprint density at radius 1 is 1.09 bits per heavy atom. The van der Waals surface area contributed by atoms with Crippen LogP contribution in [0.15, 0.2) is 0 Å². The van der Waals surface area contributed by atoms with Gasteiger partial charge in [-0.25, -0.2) is 0 Å². The molecule has 8 heteroatoms. The summed E-state index contributed by atoms with van der Waals surface area (Å²) in [6.45, 7) is 0.0687. The largest absolute Gasteiger partial charge is 1.00 e. The molecule has 0 N–H and O–H groups in total. The average molecular weight is 365 g/mol. The van der Waals surface area contributed by atoms with Crippen molar-refractivity contribution >= 4 is 44.6 Å². The maximum Gasteiger partial charge on any atom is 1.00 e. The summed E-state index contributed by atoms with van der Waals surface area (Å²) < 4.78 is 8.27. The van der Waals surface area contributed by atoms with E-state index in [-0.39, 0.29) is 42.5 Å². The molecular weight excluding hydrogens is 362 g/mol. The van der Waals surface area contributed by atoms with E-state index < -0.39 is 31.6 Å². The zero-order valence-corrected chi connectivity index (χ0v) is 11.6. The average Bonchev–Trinajstić information content (AvgIpc) is 1.91. The van der Waals surface area contributed by atoms with Gasteiger partial charge in [0, 0.05) is 6.47 Å². The molecule has 0 unspecified atom stereocenters. The molecule has 11 heavy (non-hydrogen) atoms. The molecule has 56 valence electrons. The summed E-state index contributed by atoms with van der Waals surface area (Å²) in [6.07, 6.45) is 0. The Kier molecular flexibility index (Phi) is 35.5. The molecule has 0 atom stereocenters. The van der Waals surface area contributed by atoms with Crippen LogP contribution in [0.25, 0.3) is 0 Å². The van der Waals surface area contributed by atoms with Crippen LogP contribution in [-0.2, 0) is 19.8 Å². The zero-order chi connectivity index (χ0) is 8.24. The molecule has 0 amide bonds. The van der Waals surface area contributed by atoms with Crippen molar-refractivity contribution in [2.24, 2.45) is 0 Å². The Labute approximate surface area is 98.0 Å². The summed E-state index contributed by atoms with van der Waals surface area (Å²) in [5.74, 6) is 0. The van der Waals surface area contributed by atoms with Crippen LogP contribution in [0.5, 0.6) is 0 Å². The molecule has 0 saturated heterocycles. The number of carboxylic acid groups (broad SMARTS) is 1. The first-order valence-corrected chi connectivity index (χ1v) is 5.00. The summed E-state index contributed by atoms with van der Waals surface area (Å²) in [4.78, 5) is 26.9. The standard InChI is InChI=1S/3CH2O2.Na.Pb/c3*2-1-3;;/h3*1H,(H,2,3);;/q;;;+1;+2/p-3. The SMILES string of the molecule is O=C[O-].O=C[O][Pb][O]C=O.[Na+]. The zero-order valence-electron chi connectivity index (χ0n) is 5.68. The molecule has 0 heterocycles. The second-order valence-corrected chi connectivity index (χ2v) is 3.09. The van der Waals surface area contributed by atoms with E-state index in [0.717, 1.165) is 0 Å². The third-order valence-electron chi connectivity index (χ3n) is 0.192. The van der Waals surface area contributed by atoms with Crippen molar-refractivity contribution < 1.29 is 54.4 Å². The molecule has 0 aromatic heterocycles. The maximum atomic E-state index is 9.31. The van der Waals surface area contributed by atoms with Crippen LogP contribution in [0.4, 0.5) is 0 Å². The predicted molar refractivity (Wildman–Crippen MR) is 26.1 cm³/mol. The summed E-state index contributed by atoms with van der Waals surface area (Å²) in [5.41, 5.74) is 0. The molecule has 0 fully saturated rings. The van der Waals surface area contributed by atoms with E-state index in [9.17, 15) is 9.59 Å². The van der Waals surface area contributed by atoms with E-state index in [1.807, 2.05) is 0 Å². The molecule has 0 aliphatic rings. The number of rotatable bonds is 4. The molecular formula is C3H3NaO6Pb. The monoisotopic (exact) mass is 366 g/mol. The van der Waals surface area contributed by atoms with Crippen molar-refractivity contribution in [3.63, 3.8) is 0 Å². The van der Waals surface area contributed by atoms with E-state index in [1.165, 1.54) is 0 Å². The van der Waals surface area contributed by atoms with E-state index in [2.05, 4.69) is 5.37 Å². The third kappa shape index (κ3) is 38.2.